The second-order valence-corrected chi connectivity index (χ2v) is 0.935. The van der Waals surface area contributed by atoms with Gasteiger partial charge in [-0.05, 0) is 0 Å². The molecule has 0 aromatic rings. The van der Waals surface area contributed by atoms with E-state index in [1.165, 1.54) is 0 Å². The van der Waals surface area contributed by atoms with E-state index >= 15 is 0 Å². The van der Waals surface area contributed by atoms with Gasteiger partial charge in [0.1, 0.15) is 0 Å². The third-order valence-electron chi connectivity index (χ3n) is 0.145. The van der Waals surface area contributed by atoms with Crippen molar-refractivity contribution >= 4 is 4.68 Å². The van der Waals surface area contributed by atoms with E-state index in [1.54, 1.807) is 0 Å². The van der Waals surface area contributed by atoms with Crippen LogP contribution in [0.1, 0.15) is 0 Å². The molecule has 0 aliphatic carbocycles. The van der Waals surface area contributed by atoms with Crippen LogP contribution in [0.5, 0.6) is 0 Å². The van der Waals surface area contributed by atoms with Crippen molar-refractivity contribution in [2.24, 2.45) is 0 Å². The van der Waals surface area contributed by atoms with Crippen LogP contribution in [0.15, 0.2) is 12.7 Å². The SMILES string of the molecule is C=C[C](=O)[Cu].[Cu]. The van der Waals surface area contributed by atoms with E-state index < -0.39 is 4.68 Å². The van der Waals surface area contributed by atoms with Crippen LogP contribution in [-0.4, -0.2) is 4.68 Å². The predicted octanol–water partition coefficient (Wildman–Crippen LogP) is 0.243. The first-order chi connectivity index (χ1) is 2.27. The first-order valence-corrected chi connectivity index (χ1v) is 1.52. The molecule has 0 heterocycles. The molecule has 6 heavy (non-hydrogen) atoms. The van der Waals surface area contributed by atoms with Gasteiger partial charge in [0.15, 0.2) is 0 Å². The third-order valence-corrected chi connectivity index (χ3v) is 0.337. The van der Waals surface area contributed by atoms with Crippen LogP contribution >= 0.6 is 0 Å². The van der Waals surface area contributed by atoms with Crippen molar-refractivity contribution in [3.05, 3.63) is 12.7 Å². The minimum Gasteiger partial charge on any atom is 0 e. The van der Waals surface area contributed by atoms with E-state index in [0.29, 0.717) is 0 Å². The Bertz CT molecular complexity index is 59.8. The quantitative estimate of drug-likeness (QED) is 0.419. The topological polar surface area (TPSA) is 17.1 Å². The molecule has 0 fully saturated rings. The molecule has 43 valence electrons. The van der Waals surface area contributed by atoms with Crippen molar-refractivity contribution < 1.29 is 37.9 Å². The van der Waals surface area contributed by atoms with Crippen LogP contribution in [-0.2, 0) is 37.9 Å². The molecule has 0 saturated carbocycles. The Labute approximate surface area is 55.5 Å². The van der Waals surface area contributed by atoms with Crippen LogP contribution in [0.4, 0.5) is 0 Å². The average Bonchev–Trinajstić information content (AvgIpc) is 1.38. The van der Waals surface area contributed by atoms with E-state index in [1.807, 2.05) is 0 Å². The zero-order valence-corrected chi connectivity index (χ0v) is 4.68. The molecule has 0 aliphatic rings. The summed E-state index contributed by atoms with van der Waals surface area (Å²) in [6.45, 7) is 3.10. The molecule has 0 N–H and O–H groups in total. The molecular weight excluding hydrogens is 179 g/mol. The number of carbonyl (C=O) groups is 1. The molecule has 0 amide bonds. The smallest absolute Gasteiger partial charge is 0 e. The van der Waals surface area contributed by atoms with Crippen molar-refractivity contribution in [2.75, 3.05) is 0 Å². The number of hydrogen-bond acceptors (Lipinski definition) is 1. The van der Waals surface area contributed by atoms with Crippen molar-refractivity contribution in [2.45, 2.75) is 0 Å². The average molecular weight is 182 g/mol. The Morgan fingerprint density at radius 1 is 1.83 bits per heavy atom. The summed E-state index contributed by atoms with van der Waals surface area (Å²) < 4.78 is -0.419. The Kier molecular flexibility index (Phi) is 8.79. The summed E-state index contributed by atoms with van der Waals surface area (Å²) >= 11 is 4.15. The van der Waals surface area contributed by atoms with Gasteiger partial charge in [0.05, 0.1) is 0 Å². The fraction of sp³-hybridized carbons (Fsp3) is 0. The normalized spacial score (nSPS) is 5.67. The van der Waals surface area contributed by atoms with Crippen molar-refractivity contribution in [3.63, 3.8) is 0 Å². The largest absolute Gasteiger partial charge is 0 e. The molecule has 0 unspecified atom stereocenters. The number of carbonyl (C=O) groups excluding carboxylic acids is 1. The van der Waals surface area contributed by atoms with Gasteiger partial charge in [-0.25, -0.2) is 0 Å². The molecular formula is C3H3Cu2O. The first kappa shape index (κ1) is 9.67. The van der Waals surface area contributed by atoms with Crippen LogP contribution in [0.25, 0.3) is 0 Å². The maximum absolute atomic E-state index is 9.50. The molecule has 0 bridgehead atoms. The molecule has 1 nitrogen and oxygen atoms in total. The summed E-state index contributed by atoms with van der Waals surface area (Å²) in [5, 5.41) is 0. The van der Waals surface area contributed by atoms with Gasteiger partial charge in [0, 0.05) is 17.1 Å². The standard InChI is InChI=1S/C3H3O.2Cu/c1-2-3-4;;/h2H,1H2;;. The Balaban J connectivity index is 0. The second-order valence-electron chi connectivity index (χ2n) is 0.471. The monoisotopic (exact) mass is 181 g/mol. The summed E-state index contributed by atoms with van der Waals surface area (Å²) in [7, 11) is 0. The van der Waals surface area contributed by atoms with Gasteiger partial charge >= 0.3 is 38.1 Å². The molecule has 3 heteroatoms. The van der Waals surface area contributed by atoms with E-state index in [-0.39, 0.29) is 17.1 Å². The third kappa shape index (κ3) is 8.82. The summed E-state index contributed by atoms with van der Waals surface area (Å²) in [6, 6.07) is 0. The minimum absolute atomic E-state index is 0. The van der Waals surface area contributed by atoms with Gasteiger partial charge in [-0.15, -0.1) is 0 Å². The molecule has 0 aliphatic heterocycles. The summed E-state index contributed by atoms with van der Waals surface area (Å²) in [4.78, 5) is 9.50. The molecule has 1 radical (unpaired) electrons. The van der Waals surface area contributed by atoms with E-state index in [4.69, 9.17) is 0 Å². The first-order valence-electron chi connectivity index (χ1n) is 1.05. The van der Waals surface area contributed by atoms with E-state index in [0.717, 1.165) is 6.08 Å². The second kappa shape index (κ2) is 5.45. The van der Waals surface area contributed by atoms with Gasteiger partial charge in [-0.3, -0.25) is 0 Å². The van der Waals surface area contributed by atoms with Crippen LogP contribution in [0.2, 0.25) is 0 Å². The minimum atomic E-state index is -0.419. The van der Waals surface area contributed by atoms with Crippen LogP contribution in [0, 0.1) is 0 Å². The fourth-order valence-corrected chi connectivity index (χ4v) is 0. The molecule has 0 rings (SSSR count). The molecule has 0 atom stereocenters. The van der Waals surface area contributed by atoms with Gasteiger partial charge in [-0.2, -0.15) is 0 Å². The maximum atomic E-state index is 9.50. The zero-order chi connectivity index (χ0) is 4.28. The van der Waals surface area contributed by atoms with Gasteiger partial charge in [0.25, 0.3) is 0 Å². The molecule has 0 aromatic carbocycles. The van der Waals surface area contributed by atoms with Crippen molar-refractivity contribution in [1.29, 1.82) is 0 Å². The van der Waals surface area contributed by atoms with Crippen molar-refractivity contribution in [1.82, 2.24) is 0 Å². The Morgan fingerprint density at radius 2 is 2.00 bits per heavy atom. The van der Waals surface area contributed by atoms with Crippen LogP contribution < -0.4 is 0 Å². The number of hydrogen-bond donors (Lipinski definition) is 0. The molecule has 0 saturated heterocycles. The summed E-state index contributed by atoms with van der Waals surface area (Å²) in [6.07, 6.45) is 1.08. The summed E-state index contributed by atoms with van der Waals surface area (Å²) in [5.41, 5.74) is 0. The molecule has 0 aromatic heterocycles. The zero-order valence-electron chi connectivity index (χ0n) is 2.80. The summed E-state index contributed by atoms with van der Waals surface area (Å²) in [5.74, 6) is 0. The predicted molar refractivity (Wildman–Crippen MR) is 15.2 cm³/mol. The van der Waals surface area contributed by atoms with Crippen molar-refractivity contribution in [3.8, 4) is 0 Å². The number of rotatable bonds is 1. The van der Waals surface area contributed by atoms with Gasteiger partial charge in [-0.1, -0.05) is 0 Å². The van der Waals surface area contributed by atoms with Crippen LogP contribution in [0.3, 0.4) is 0 Å². The maximum Gasteiger partial charge on any atom is 0 e. The Morgan fingerprint density at radius 3 is 2.00 bits per heavy atom. The van der Waals surface area contributed by atoms with E-state index in [9.17, 15) is 4.79 Å². The fourth-order valence-electron chi connectivity index (χ4n) is 0. The van der Waals surface area contributed by atoms with E-state index in [2.05, 4.69) is 22.6 Å². The van der Waals surface area contributed by atoms with Gasteiger partial charge < -0.3 is 0 Å². The Hall–Kier alpha value is 0.449. The number of allylic oxidation sites excluding steroid dienone is 1. The molecule has 0 spiro atoms. The van der Waals surface area contributed by atoms with Gasteiger partial charge in [0.2, 0.25) is 0 Å².